The molecule has 1 amide bonds. The van der Waals surface area contributed by atoms with Crippen LogP contribution in [0.4, 0.5) is 0 Å². The fourth-order valence-electron chi connectivity index (χ4n) is 1.21. The Morgan fingerprint density at radius 2 is 2.33 bits per heavy atom. The van der Waals surface area contributed by atoms with Gasteiger partial charge in [0.1, 0.15) is 5.75 Å². The highest BCUT2D eigenvalue weighted by molar-refractivity contribution is 5.96. The molecule has 0 aliphatic heterocycles. The van der Waals surface area contributed by atoms with Gasteiger partial charge in [-0.1, -0.05) is 18.2 Å². The van der Waals surface area contributed by atoms with Crippen molar-refractivity contribution < 1.29 is 14.6 Å². The highest BCUT2D eigenvalue weighted by Gasteiger charge is 2.08. The Bertz CT molecular complexity index is 385. The summed E-state index contributed by atoms with van der Waals surface area (Å²) in [5.74, 6) is -0.0882. The van der Waals surface area contributed by atoms with E-state index in [0.29, 0.717) is 11.3 Å². The molecule has 0 radical (unpaired) electrons. The molecule has 0 atom stereocenters. The molecule has 0 aromatic heterocycles. The highest BCUT2D eigenvalue weighted by atomic mass is 16.5. The van der Waals surface area contributed by atoms with Gasteiger partial charge in [0.15, 0.2) is 0 Å². The van der Waals surface area contributed by atoms with Crippen LogP contribution in [0.25, 0.3) is 6.08 Å². The third-order valence-electron chi connectivity index (χ3n) is 1.90. The minimum Gasteiger partial charge on any atom is -0.496 e. The van der Waals surface area contributed by atoms with Crippen LogP contribution in [-0.2, 0) is 0 Å². The van der Waals surface area contributed by atoms with E-state index in [-0.39, 0.29) is 6.61 Å². The lowest BCUT2D eigenvalue weighted by molar-refractivity contribution is 0.0997. The Balaban J connectivity index is 3.10. The average molecular weight is 207 g/mol. The monoisotopic (exact) mass is 207 g/mol. The summed E-state index contributed by atoms with van der Waals surface area (Å²) < 4.78 is 4.99. The van der Waals surface area contributed by atoms with Crippen LogP contribution in [0.3, 0.4) is 0 Å². The molecule has 0 spiro atoms. The number of ether oxygens (including phenoxy) is 1. The van der Waals surface area contributed by atoms with E-state index in [4.69, 9.17) is 15.6 Å². The van der Waals surface area contributed by atoms with E-state index in [9.17, 15) is 4.79 Å². The van der Waals surface area contributed by atoms with Gasteiger partial charge in [-0.3, -0.25) is 4.79 Å². The predicted octanol–water partition coefficient (Wildman–Crippen LogP) is 0.800. The van der Waals surface area contributed by atoms with Crippen molar-refractivity contribution in [1.29, 1.82) is 0 Å². The molecule has 80 valence electrons. The van der Waals surface area contributed by atoms with E-state index in [0.717, 1.165) is 5.56 Å². The molecule has 4 nitrogen and oxygen atoms in total. The second-order valence-corrected chi connectivity index (χ2v) is 2.91. The van der Waals surface area contributed by atoms with E-state index in [1.54, 1.807) is 30.4 Å². The summed E-state index contributed by atoms with van der Waals surface area (Å²) >= 11 is 0. The second-order valence-electron chi connectivity index (χ2n) is 2.91. The summed E-state index contributed by atoms with van der Waals surface area (Å²) in [7, 11) is 1.48. The second kappa shape index (κ2) is 5.17. The number of rotatable bonds is 4. The zero-order chi connectivity index (χ0) is 11.3. The molecule has 15 heavy (non-hydrogen) atoms. The minimum absolute atomic E-state index is 0.0437. The summed E-state index contributed by atoms with van der Waals surface area (Å²) in [5, 5.41) is 8.60. The fraction of sp³-hybridized carbons (Fsp3) is 0.182. The summed E-state index contributed by atoms with van der Waals surface area (Å²) in [6.07, 6.45) is 3.28. The van der Waals surface area contributed by atoms with Crippen LogP contribution in [0.2, 0.25) is 0 Å². The number of hydrogen-bond acceptors (Lipinski definition) is 3. The molecule has 3 N–H and O–H groups in total. The van der Waals surface area contributed by atoms with E-state index >= 15 is 0 Å². The number of aliphatic hydroxyl groups excluding tert-OH is 1. The molecular weight excluding hydrogens is 194 g/mol. The number of carbonyl (C=O) groups excluding carboxylic acids is 1. The van der Waals surface area contributed by atoms with E-state index < -0.39 is 5.91 Å². The molecule has 0 bridgehead atoms. The first-order chi connectivity index (χ1) is 7.19. The smallest absolute Gasteiger partial charge is 0.252 e. The molecule has 4 heteroatoms. The number of methoxy groups -OCH3 is 1. The first-order valence-electron chi connectivity index (χ1n) is 4.44. The quantitative estimate of drug-likeness (QED) is 0.767. The molecular formula is C11H13NO3. The minimum atomic E-state index is -0.536. The average Bonchev–Trinajstić information content (AvgIpc) is 2.25. The first-order valence-corrected chi connectivity index (χ1v) is 4.44. The standard InChI is InChI=1S/C11H13NO3/c1-15-10-5-4-8(3-2-6-13)7-9(10)11(12)14/h2-5,7,13H,6H2,1H3,(H2,12,14). The number of benzene rings is 1. The maximum Gasteiger partial charge on any atom is 0.252 e. The lowest BCUT2D eigenvalue weighted by atomic mass is 10.1. The Labute approximate surface area is 88.0 Å². The molecule has 0 heterocycles. The number of nitrogens with two attached hydrogens (primary N) is 1. The Hall–Kier alpha value is -1.81. The van der Waals surface area contributed by atoms with Crippen LogP contribution < -0.4 is 10.5 Å². The van der Waals surface area contributed by atoms with Crippen LogP contribution in [-0.4, -0.2) is 24.7 Å². The molecule has 0 saturated carbocycles. The third kappa shape index (κ3) is 2.82. The van der Waals surface area contributed by atoms with Crippen LogP contribution in [0.15, 0.2) is 24.3 Å². The van der Waals surface area contributed by atoms with Gasteiger partial charge >= 0.3 is 0 Å². The maximum atomic E-state index is 11.1. The summed E-state index contributed by atoms with van der Waals surface area (Å²) in [4.78, 5) is 11.1. The van der Waals surface area contributed by atoms with Crippen molar-refractivity contribution in [1.82, 2.24) is 0 Å². The number of aliphatic hydroxyl groups is 1. The van der Waals surface area contributed by atoms with Crippen molar-refractivity contribution in [3.8, 4) is 5.75 Å². The van der Waals surface area contributed by atoms with Crippen molar-refractivity contribution >= 4 is 12.0 Å². The lowest BCUT2D eigenvalue weighted by Crippen LogP contribution is -2.12. The number of amides is 1. The first kappa shape index (κ1) is 11.3. The number of hydrogen-bond donors (Lipinski definition) is 2. The Morgan fingerprint density at radius 3 is 2.87 bits per heavy atom. The zero-order valence-electron chi connectivity index (χ0n) is 8.43. The van der Waals surface area contributed by atoms with Crippen molar-refractivity contribution in [3.05, 3.63) is 35.4 Å². The van der Waals surface area contributed by atoms with Crippen molar-refractivity contribution in [3.63, 3.8) is 0 Å². The lowest BCUT2D eigenvalue weighted by Gasteiger charge is -2.05. The Morgan fingerprint density at radius 1 is 1.60 bits per heavy atom. The van der Waals surface area contributed by atoms with Crippen LogP contribution in [0.1, 0.15) is 15.9 Å². The van der Waals surface area contributed by atoms with Gasteiger partial charge in [-0.15, -0.1) is 0 Å². The normalized spacial score (nSPS) is 10.5. The molecule has 1 aromatic carbocycles. The van der Waals surface area contributed by atoms with Gasteiger partial charge < -0.3 is 15.6 Å². The number of primary amides is 1. The van der Waals surface area contributed by atoms with Gasteiger partial charge in [0.2, 0.25) is 0 Å². The Kier molecular flexibility index (Phi) is 3.88. The van der Waals surface area contributed by atoms with Crippen LogP contribution >= 0.6 is 0 Å². The molecule has 0 fully saturated rings. The predicted molar refractivity (Wildman–Crippen MR) is 57.6 cm³/mol. The maximum absolute atomic E-state index is 11.1. The van der Waals surface area contributed by atoms with Gasteiger partial charge in [0.25, 0.3) is 5.91 Å². The highest BCUT2D eigenvalue weighted by Crippen LogP contribution is 2.19. The topological polar surface area (TPSA) is 72.6 Å². The van der Waals surface area contributed by atoms with Crippen LogP contribution in [0, 0.1) is 0 Å². The molecule has 1 rings (SSSR count). The van der Waals surface area contributed by atoms with Crippen LogP contribution in [0.5, 0.6) is 5.75 Å². The van der Waals surface area contributed by atoms with Gasteiger partial charge in [-0.2, -0.15) is 0 Å². The SMILES string of the molecule is COc1ccc(C=CCO)cc1C(N)=O. The van der Waals surface area contributed by atoms with E-state index in [1.807, 2.05) is 0 Å². The molecule has 0 unspecified atom stereocenters. The van der Waals surface area contributed by atoms with E-state index in [2.05, 4.69) is 0 Å². The summed E-state index contributed by atoms with van der Waals surface area (Å²) in [5.41, 5.74) is 6.32. The van der Waals surface area contributed by atoms with E-state index in [1.165, 1.54) is 7.11 Å². The van der Waals surface area contributed by atoms with Gasteiger partial charge in [-0.05, 0) is 17.7 Å². The van der Waals surface area contributed by atoms with Gasteiger partial charge in [0.05, 0.1) is 19.3 Å². The van der Waals surface area contributed by atoms with Crippen molar-refractivity contribution in [2.24, 2.45) is 5.73 Å². The molecule has 0 aliphatic rings. The third-order valence-corrected chi connectivity index (χ3v) is 1.90. The van der Waals surface area contributed by atoms with Crippen molar-refractivity contribution in [2.75, 3.05) is 13.7 Å². The molecule has 0 aliphatic carbocycles. The summed E-state index contributed by atoms with van der Waals surface area (Å²) in [6, 6.07) is 5.06. The molecule has 1 aromatic rings. The summed E-state index contributed by atoms with van der Waals surface area (Å²) in [6.45, 7) is -0.0437. The fourth-order valence-corrected chi connectivity index (χ4v) is 1.21. The van der Waals surface area contributed by atoms with Gasteiger partial charge in [-0.25, -0.2) is 0 Å². The number of carbonyl (C=O) groups is 1. The largest absolute Gasteiger partial charge is 0.496 e. The zero-order valence-corrected chi connectivity index (χ0v) is 8.43. The van der Waals surface area contributed by atoms with Gasteiger partial charge in [0, 0.05) is 0 Å². The van der Waals surface area contributed by atoms with Crippen molar-refractivity contribution in [2.45, 2.75) is 0 Å². The molecule has 0 saturated heterocycles.